The molecule has 1 N–H and O–H groups in total. The fourth-order valence-electron chi connectivity index (χ4n) is 4.08. The van der Waals surface area contributed by atoms with Gasteiger partial charge < -0.3 is 19.7 Å². The third-order valence-corrected chi connectivity index (χ3v) is 5.40. The smallest absolute Gasteiger partial charge is 0.338 e. The number of amides is 1. The third-order valence-electron chi connectivity index (χ3n) is 5.40. The van der Waals surface area contributed by atoms with Crippen LogP contribution < -0.4 is 10.2 Å². The van der Waals surface area contributed by atoms with Crippen LogP contribution in [0.4, 0.5) is 11.4 Å². The van der Waals surface area contributed by atoms with Gasteiger partial charge in [0.05, 0.1) is 29.4 Å². The SMILES string of the molecule is CC(=O)N1c2ccc(C(=O)OC(C)C)cc2[C@@H](Nc2ccc(C(=O)OC(C)C)cc2)C[C@H]1C. The van der Waals surface area contributed by atoms with Crippen molar-refractivity contribution in [3.63, 3.8) is 0 Å². The van der Waals surface area contributed by atoms with E-state index in [1.165, 1.54) is 0 Å². The van der Waals surface area contributed by atoms with Gasteiger partial charge in [0.1, 0.15) is 0 Å². The molecule has 2 aromatic carbocycles. The minimum atomic E-state index is -0.396. The van der Waals surface area contributed by atoms with Gasteiger partial charge in [-0.25, -0.2) is 9.59 Å². The lowest BCUT2D eigenvalue weighted by Gasteiger charge is -2.39. The number of nitrogens with zero attached hydrogens (tertiary/aromatic N) is 1. The monoisotopic (exact) mass is 452 g/mol. The van der Waals surface area contributed by atoms with Crippen LogP contribution in [0.1, 0.15) is 80.3 Å². The molecule has 7 nitrogen and oxygen atoms in total. The summed E-state index contributed by atoms with van der Waals surface area (Å²) in [5.74, 6) is -0.807. The van der Waals surface area contributed by atoms with E-state index in [-0.39, 0.29) is 36.2 Å². The Bertz CT molecular complexity index is 1030. The van der Waals surface area contributed by atoms with Gasteiger partial charge in [0, 0.05) is 24.3 Å². The predicted molar refractivity (Wildman–Crippen MR) is 128 cm³/mol. The van der Waals surface area contributed by atoms with E-state index in [1.807, 2.05) is 39.0 Å². The third kappa shape index (κ3) is 5.72. The lowest BCUT2D eigenvalue weighted by atomic mass is 9.90. The van der Waals surface area contributed by atoms with Crippen molar-refractivity contribution in [1.29, 1.82) is 0 Å². The number of esters is 2. The minimum absolute atomic E-state index is 0.0266. The Labute approximate surface area is 195 Å². The summed E-state index contributed by atoms with van der Waals surface area (Å²) in [4.78, 5) is 38.7. The molecule has 1 amide bonds. The maximum absolute atomic E-state index is 12.5. The Morgan fingerprint density at radius 3 is 2.00 bits per heavy atom. The number of anilines is 2. The molecule has 1 heterocycles. The Hall–Kier alpha value is -3.35. The van der Waals surface area contributed by atoms with E-state index in [4.69, 9.17) is 9.47 Å². The molecule has 0 aliphatic carbocycles. The molecular formula is C26H32N2O5. The molecule has 2 aromatic rings. The zero-order chi connectivity index (χ0) is 24.3. The molecule has 0 radical (unpaired) electrons. The van der Waals surface area contributed by atoms with E-state index in [0.29, 0.717) is 17.5 Å². The molecule has 0 fully saturated rings. The molecule has 3 rings (SSSR count). The van der Waals surface area contributed by atoms with Crippen LogP contribution in [-0.4, -0.2) is 36.1 Å². The number of carbonyl (C=O) groups excluding carboxylic acids is 3. The Kier molecular flexibility index (Phi) is 7.41. The summed E-state index contributed by atoms with van der Waals surface area (Å²) in [5.41, 5.74) is 3.37. The quantitative estimate of drug-likeness (QED) is 0.613. The van der Waals surface area contributed by atoms with Crippen molar-refractivity contribution in [2.24, 2.45) is 0 Å². The van der Waals surface area contributed by atoms with Gasteiger partial charge in [0.25, 0.3) is 0 Å². The first-order chi connectivity index (χ1) is 15.6. The van der Waals surface area contributed by atoms with Crippen molar-refractivity contribution >= 4 is 29.2 Å². The van der Waals surface area contributed by atoms with Crippen LogP contribution in [0.15, 0.2) is 42.5 Å². The van der Waals surface area contributed by atoms with E-state index in [1.54, 1.807) is 49.9 Å². The Balaban J connectivity index is 1.91. The molecule has 7 heteroatoms. The van der Waals surface area contributed by atoms with Crippen LogP contribution in [-0.2, 0) is 14.3 Å². The zero-order valence-electron chi connectivity index (χ0n) is 20.0. The zero-order valence-corrected chi connectivity index (χ0v) is 20.0. The standard InChI is InChI=1S/C26H32N2O5/c1-15(2)32-25(30)19-7-10-21(11-8-19)27-23-13-17(5)28(18(6)29)24-12-9-20(14-22(23)24)26(31)33-16(3)4/h7-12,14-17,23,27H,13H2,1-6H3/t17-,23+/m1/s1. The number of hydrogen-bond donors (Lipinski definition) is 1. The van der Waals surface area contributed by atoms with E-state index < -0.39 is 5.97 Å². The van der Waals surface area contributed by atoms with Gasteiger partial charge in [0.2, 0.25) is 5.91 Å². The number of hydrogen-bond acceptors (Lipinski definition) is 6. The van der Waals surface area contributed by atoms with Crippen molar-refractivity contribution in [1.82, 2.24) is 0 Å². The van der Waals surface area contributed by atoms with E-state index >= 15 is 0 Å². The second-order valence-corrected chi connectivity index (χ2v) is 8.93. The van der Waals surface area contributed by atoms with Crippen LogP contribution in [0, 0.1) is 0 Å². The van der Waals surface area contributed by atoms with Crippen molar-refractivity contribution in [3.8, 4) is 0 Å². The first-order valence-corrected chi connectivity index (χ1v) is 11.3. The molecule has 1 aliphatic rings. The van der Waals surface area contributed by atoms with E-state index in [2.05, 4.69) is 5.32 Å². The minimum Gasteiger partial charge on any atom is -0.459 e. The highest BCUT2D eigenvalue weighted by Gasteiger charge is 2.33. The summed E-state index contributed by atoms with van der Waals surface area (Å²) < 4.78 is 10.6. The van der Waals surface area contributed by atoms with Gasteiger partial charge >= 0.3 is 11.9 Å². The molecular weight excluding hydrogens is 420 g/mol. The molecule has 0 spiro atoms. The number of ether oxygens (including phenoxy) is 2. The lowest BCUT2D eigenvalue weighted by molar-refractivity contribution is -0.117. The number of rotatable bonds is 6. The van der Waals surface area contributed by atoms with Gasteiger partial charge in [0.15, 0.2) is 0 Å². The summed E-state index contributed by atoms with van der Waals surface area (Å²) in [5, 5.41) is 3.50. The van der Waals surface area contributed by atoms with Gasteiger partial charge in [-0.3, -0.25) is 4.79 Å². The topological polar surface area (TPSA) is 84.9 Å². The highest BCUT2D eigenvalue weighted by molar-refractivity contribution is 5.96. The Morgan fingerprint density at radius 2 is 1.45 bits per heavy atom. The highest BCUT2D eigenvalue weighted by atomic mass is 16.5. The lowest BCUT2D eigenvalue weighted by Crippen LogP contribution is -2.43. The second-order valence-electron chi connectivity index (χ2n) is 8.93. The molecule has 0 aromatic heterocycles. The van der Waals surface area contributed by atoms with Crippen LogP contribution >= 0.6 is 0 Å². The number of nitrogens with one attached hydrogen (secondary N) is 1. The van der Waals surface area contributed by atoms with E-state index in [0.717, 1.165) is 16.9 Å². The van der Waals surface area contributed by atoms with Crippen molar-refractivity contribution in [2.75, 3.05) is 10.2 Å². The fraction of sp³-hybridized carbons (Fsp3) is 0.423. The molecule has 0 saturated heterocycles. The molecule has 0 bridgehead atoms. The van der Waals surface area contributed by atoms with Crippen LogP contribution in [0.3, 0.4) is 0 Å². The number of benzene rings is 2. The summed E-state index contributed by atoms with van der Waals surface area (Å²) >= 11 is 0. The first-order valence-electron chi connectivity index (χ1n) is 11.3. The van der Waals surface area contributed by atoms with Crippen molar-refractivity contribution in [3.05, 3.63) is 59.2 Å². The number of fused-ring (bicyclic) bond motifs is 1. The number of carbonyl (C=O) groups is 3. The second kappa shape index (κ2) is 10.1. The molecule has 2 atom stereocenters. The summed E-state index contributed by atoms with van der Waals surface area (Å²) in [6.07, 6.45) is 0.250. The van der Waals surface area contributed by atoms with Gasteiger partial charge in [-0.2, -0.15) is 0 Å². The highest BCUT2D eigenvalue weighted by Crippen LogP contribution is 2.39. The van der Waals surface area contributed by atoms with Gasteiger partial charge in [-0.1, -0.05) is 0 Å². The maximum atomic E-state index is 12.5. The predicted octanol–water partition coefficient (Wildman–Crippen LogP) is 5.12. The van der Waals surface area contributed by atoms with Crippen molar-refractivity contribution < 1.29 is 23.9 Å². The maximum Gasteiger partial charge on any atom is 0.338 e. The van der Waals surface area contributed by atoms with Crippen LogP contribution in [0.5, 0.6) is 0 Å². The van der Waals surface area contributed by atoms with Crippen molar-refractivity contribution in [2.45, 2.75) is 72.3 Å². The molecule has 176 valence electrons. The van der Waals surface area contributed by atoms with Gasteiger partial charge in [-0.05, 0) is 89.1 Å². The van der Waals surface area contributed by atoms with Gasteiger partial charge in [-0.15, -0.1) is 0 Å². The van der Waals surface area contributed by atoms with Crippen LogP contribution in [0.25, 0.3) is 0 Å². The van der Waals surface area contributed by atoms with E-state index in [9.17, 15) is 14.4 Å². The molecule has 1 aliphatic heterocycles. The Morgan fingerprint density at radius 1 is 0.909 bits per heavy atom. The molecule has 0 saturated carbocycles. The fourth-order valence-corrected chi connectivity index (χ4v) is 4.08. The average molecular weight is 453 g/mol. The average Bonchev–Trinajstić information content (AvgIpc) is 2.72. The first kappa shape index (κ1) is 24.3. The molecule has 33 heavy (non-hydrogen) atoms. The largest absolute Gasteiger partial charge is 0.459 e. The summed E-state index contributed by atoms with van der Waals surface area (Å²) in [7, 11) is 0. The normalized spacial score (nSPS) is 17.5. The summed E-state index contributed by atoms with van der Waals surface area (Å²) in [6, 6.07) is 12.2. The van der Waals surface area contributed by atoms with Crippen LogP contribution in [0.2, 0.25) is 0 Å². The molecule has 0 unspecified atom stereocenters. The summed E-state index contributed by atoms with van der Waals surface area (Å²) in [6.45, 7) is 10.8.